The quantitative estimate of drug-likeness (QED) is 0.335. The summed E-state index contributed by atoms with van der Waals surface area (Å²) >= 11 is 0. The summed E-state index contributed by atoms with van der Waals surface area (Å²) in [5.74, 6) is 1.80. The molecule has 0 aliphatic heterocycles. The number of ether oxygens (including phenoxy) is 1. The molecule has 0 fully saturated rings. The molecule has 0 heterocycles. The molecule has 0 aliphatic carbocycles. The van der Waals surface area contributed by atoms with Crippen LogP contribution in [0.4, 0.5) is 0 Å². The van der Waals surface area contributed by atoms with E-state index in [0.29, 0.717) is 0 Å². The molecule has 5 nitrogen and oxygen atoms in total. The molecule has 6 heteroatoms. The average molecular weight is 234 g/mol. The van der Waals surface area contributed by atoms with Crippen molar-refractivity contribution in [2.24, 2.45) is 0 Å². The monoisotopic (exact) mass is 234 g/mol. The normalized spacial score (nSPS) is 10.9. The molecule has 0 amide bonds. The van der Waals surface area contributed by atoms with Crippen LogP contribution >= 0.6 is 0 Å². The molecular formula is C9H14O5S. The summed E-state index contributed by atoms with van der Waals surface area (Å²) < 4.78 is 31.4. The maximum atomic E-state index is 11.0. The van der Waals surface area contributed by atoms with Gasteiger partial charge in [0.25, 0.3) is 10.1 Å². The van der Waals surface area contributed by atoms with Crippen LogP contribution in [0.1, 0.15) is 13.3 Å². The van der Waals surface area contributed by atoms with Crippen molar-refractivity contribution in [1.82, 2.24) is 0 Å². The number of hydrogen-bond donors (Lipinski definition) is 0. The molecule has 15 heavy (non-hydrogen) atoms. The van der Waals surface area contributed by atoms with E-state index in [9.17, 15) is 13.2 Å². The molecule has 0 aromatic heterocycles. The van der Waals surface area contributed by atoms with Crippen molar-refractivity contribution in [1.29, 1.82) is 0 Å². The predicted octanol–water partition coefficient (Wildman–Crippen LogP) is -0.0383. The summed E-state index contributed by atoms with van der Waals surface area (Å²) in [4.78, 5) is 10.5. The molecule has 0 aliphatic rings. The first-order chi connectivity index (χ1) is 6.98. The number of ketones is 1. The van der Waals surface area contributed by atoms with Gasteiger partial charge in [-0.2, -0.15) is 8.42 Å². The van der Waals surface area contributed by atoms with Crippen LogP contribution in [0.25, 0.3) is 0 Å². The fourth-order valence-corrected chi connectivity index (χ4v) is 1.35. The van der Waals surface area contributed by atoms with Crippen molar-refractivity contribution in [3.63, 3.8) is 0 Å². The van der Waals surface area contributed by atoms with Crippen molar-refractivity contribution in [3.05, 3.63) is 0 Å². The predicted molar refractivity (Wildman–Crippen MR) is 54.7 cm³/mol. The third kappa shape index (κ3) is 9.41. The van der Waals surface area contributed by atoms with E-state index in [-0.39, 0.29) is 37.8 Å². The van der Waals surface area contributed by atoms with Crippen LogP contribution in [0, 0.1) is 12.3 Å². The van der Waals surface area contributed by atoms with Gasteiger partial charge in [0, 0.05) is 6.42 Å². The van der Waals surface area contributed by atoms with Gasteiger partial charge in [-0.3, -0.25) is 8.98 Å². The highest BCUT2D eigenvalue weighted by molar-refractivity contribution is 7.86. The minimum atomic E-state index is -3.60. The molecule has 0 rings (SSSR count). The standard InChI is InChI=1S/C9H14O5S/c1-3-5-14-15(11,12)8-7-13-6-4-9(2)10/h1H,4-8H2,2H3. The van der Waals surface area contributed by atoms with Gasteiger partial charge in [0.15, 0.2) is 0 Å². The highest BCUT2D eigenvalue weighted by atomic mass is 32.2. The van der Waals surface area contributed by atoms with Crippen molar-refractivity contribution >= 4 is 15.9 Å². The molecular weight excluding hydrogens is 220 g/mol. The van der Waals surface area contributed by atoms with E-state index in [1.807, 2.05) is 0 Å². The van der Waals surface area contributed by atoms with Crippen LogP contribution in [0.5, 0.6) is 0 Å². The van der Waals surface area contributed by atoms with Gasteiger partial charge >= 0.3 is 0 Å². The van der Waals surface area contributed by atoms with E-state index >= 15 is 0 Å². The van der Waals surface area contributed by atoms with E-state index in [1.165, 1.54) is 6.92 Å². The zero-order chi connectivity index (χ0) is 11.7. The second-order valence-electron chi connectivity index (χ2n) is 2.79. The van der Waals surface area contributed by atoms with E-state index in [2.05, 4.69) is 10.1 Å². The number of rotatable bonds is 8. The Labute approximate surface area is 89.9 Å². The minimum Gasteiger partial charge on any atom is -0.380 e. The number of Topliss-reactive ketones (excluding diaryl/α,β-unsaturated/α-hetero) is 1. The van der Waals surface area contributed by atoms with Crippen LogP contribution in [-0.2, 0) is 23.8 Å². The Bertz CT molecular complexity index is 325. The lowest BCUT2D eigenvalue weighted by atomic mass is 10.3. The van der Waals surface area contributed by atoms with Crippen LogP contribution < -0.4 is 0 Å². The molecule has 0 bridgehead atoms. The third-order valence-electron chi connectivity index (χ3n) is 1.40. The van der Waals surface area contributed by atoms with E-state index in [4.69, 9.17) is 11.2 Å². The maximum absolute atomic E-state index is 11.0. The zero-order valence-electron chi connectivity index (χ0n) is 8.56. The lowest BCUT2D eigenvalue weighted by molar-refractivity contribution is -0.118. The third-order valence-corrected chi connectivity index (χ3v) is 2.54. The number of terminal acetylenes is 1. The topological polar surface area (TPSA) is 69.7 Å². The van der Waals surface area contributed by atoms with E-state index < -0.39 is 10.1 Å². The second-order valence-corrected chi connectivity index (χ2v) is 4.55. The van der Waals surface area contributed by atoms with Gasteiger partial charge in [0.2, 0.25) is 0 Å². The summed E-state index contributed by atoms with van der Waals surface area (Å²) in [5, 5.41) is 0. The molecule has 0 aromatic rings. The molecule has 0 aromatic carbocycles. The van der Waals surface area contributed by atoms with Gasteiger partial charge < -0.3 is 4.74 Å². The van der Waals surface area contributed by atoms with Crippen molar-refractivity contribution in [2.75, 3.05) is 25.6 Å². The van der Waals surface area contributed by atoms with Gasteiger partial charge in [-0.25, -0.2) is 0 Å². The maximum Gasteiger partial charge on any atom is 0.270 e. The van der Waals surface area contributed by atoms with Gasteiger partial charge in [0.05, 0.1) is 19.0 Å². The number of carbonyl (C=O) groups is 1. The van der Waals surface area contributed by atoms with Crippen molar-refractivity contribution in [2.45, 2.75) is 13.3 Å². The van der Waals surface area contributed by atoms with Gasteiger partial charge in [-0.1, -0.05) is 5.92 Å². The lowest BCUT2D eigenvalue weighted by Gasteiger charge is -2.03. The Morgan fingerprint density at radius 2 is 2.07 bits per heavy atom. The Morgan fingerprint density at radius 3 is 2.60 bits per heavy atom. The molecule has 0 unspecified atom stereocenters. The summed E-state index contributed by atoms with van der Waals surface area (Å²) in [5.41, 5.74) is 0. The smallest absolute Gasteiger partial charge is 0.270 e. The zero-order valence-corrected chi connectivity index (χ0v) is 9.38. The van der Waals surface area contributed by atoms with Gasteiger partial charge in [-0.15, -0.1) is 6.42 Å². The van der Waals surface area contributed by atoms with Crippen LogP contribution in [0.3, 0.4) is 0 Å². The highest BCUT2D eigenvalue weighted by Gasteiger charge is 2.09. The SMILES string of the molecule is C#CCOS(=O)(=O)CCOCCC(C)=O. The fourth-order valence-electron chi connectivity index (χ4n) is 0.662. The van der Waals surface area contributed by atoms with Gasteiger partial charge in [0.1, 0.15) is 12.4 Å². The highest BCUT2D eigenvalue weighted by Crippen LogP contribution is 1.93. The molecule has 0 saturated carbocycles. The number of carbonyl (C=O) groups excluding carboxylic acids is 1. The Kier molecular flexibility index (Phi) is 6.96. The summed E-state index contributed by atoms with van der Waals surface area (Å²) in [6.45, 7) is 1.39. The molecule has 0 atom stereocenters. The first-order valence-electron chi connectivity index (χ1n) is 4.35. The molecule has 86 valence electrons. The second kappa shape index (κ2) is 7.40. The van der Waals surface area contributed by atoms with Crippen molar-refractivity contribution in [3.8, 4) is 12.3 Å². The summed E-state index contributed by atoms with van der Waals surface area (Å²) in [6.07, 6.45) is 5.12. The largest absolute Gasteiger partial charge is 0.380 e. The molecule has 0 saturated heterocycles. The Morgan fingerprint density at radius 1 is 1.40 bits per heavy atom. The molecule has 0 spiro atoms. The van der Waals surface area contributed by atoms with Crippen LogP contribution in [-0.4, -0.2) is 39.8 Å². The minimum absolute atomic E-state index is 0.000183. The van der Waals surface area contributed by atoms with Crippen LogP contribution in [0.2, 0.25) is 0 Å². The van der Waals surface area contributed by atoms with Crippen LogP contribution in [0.15, 0.2) is 0 Å². The summed E-state index contributed by atoms with van der Waals surface area (Å²) in [7, 11) is -3.60. The van der Waals surface area contributed by atoms with Crippen molar-refractivity contribution < 1.29 is 22.1 Å². The lowest BCUT2D eigenvalue weighted by Crippen LogP contribution is -2.16. The number of hydrogen-bond acceptors (Lipinski definition) is 5. The first-order valence-corrected chi connectivity index (χ1v) is 5.93. The molecule has 0 radical (unpaired) electrons. The van der Waals surface area contributed by atoms with E-state index in [0.717, 1.165) is 0 Å². The van der Waals surface area contributed by atoms with Gasteiger partial charge in [-0.05, 0) is 6.92 Å². The average Bonchev–Trinajstić information content (AvgIpc) is 2.14. The Balaban J connectivity index is 3.58. The molecule has 0 N–H and O–H groups in total. The first kappa shape index (κ1) is 14.1. The summed E-state index contributed by atoms with van der Waals surface area (Å²) in [6, 6.07) is 0. The van der Waals surface area contributed by atoms with E-state index in [1.54, 1.807) is 0 Å². The Hall–Kier alpha value is -0.900. The fraction of sp³-hybridized carbons (Fsp3) is 0.667.